The molecule has 129 heavy (non-hydrogen) atoms. The van der Waals surface area contributed by atoms with Crippen molar-refractivity contribution in [1.29, 1.82) is 21.0 Å². The maximum atomic E-state index is 13.2. The third-order valence-corrected chi connectivity index (χ3v) is 23.6. The highest BCUT2D eigenvalue weighted by Gasteiger charge is 2.28. The van der Waals surface area contributed by atoms with Crippen LogP contribution in [-0.4, -0.2) is 119 Å². The Labute approximate surface area is 747 Å². The highest BCUT2D eigenvalue weighted by Crippen LogP contribution is 2.41. The first-order valence-electron chi connectivity index (χ1n) is 42.3. The van der Waals surface area contributed by atoms with Gasteiger partial charge in [0.1, 0.15) is 28.2 Å². The highest BCUT2D eigenvalue weighted by molar-refractivity contribution is 6.30. The normalized spacial score (nSPS) is 16.1. The number of allylic oxidation sites excluding steroid dienone is 8. The lowest BCUT2D eigenvalue weighted by Crippen LogP contribution is -2.29. The van der Waals surface area contributed by atoms with Gasteiger partial charge in [-0.15, -0.1) is 0 Å². The van der Waals surface area contributed by atoms with Gasteiger partial charge < -0.3 is 20.3 Å². The first-order chi connectivity index (χ1) is 62.7. The van der Waals surface area contributed by atoms with E-state index in [0.717, 1.165) is 205 Å². The van der Waals surface area contributed by atoms with E-state index < -0.39 is 16.9 Å². The van der Waals surface area contributed by atoms with Crippen LogP contribution in [-0.2, 0) is 11.3 Å². The number of hydrogen-bond donors (Lipinski definition) is 2. The molecular formula is C100H89ClFN23O4. The fourth-order valence-electron chi connectivity index (χ4n) is 16.2. The lowest BCUT2D eigenvalue weighted by Gasteiger charge is -2.17. The van der Waals surface area contributed by atoms with Crippen LogP contribution in [0, 0.1) is 92.1 Å². The Morgan fingerprint density at radius 2 is 0.837 bits per heavy atom. The number of methoxy groups -OCH3 is 2. The number of benzene rings is 4. The van der Waals surface area contributed by atoms with Crippen molar-refractivity contribution < 1.29 is 23.8 Å². The van der Waals surface area contributed by atoms with Gasteiger partial charge in [-0.2, -0.15) is 51.6 Å². The molecule has 12 aromatic heterocycles. The molecule has 27 nitrogen and oxygen atoms in total. The number of carbonyl (C=O) groups excluding carboxylic acids is 1. The minimum atomic E-state index is -0.970. The largest absolute Gasteiger partial charge is 0.497 e. The van der Waals surface area contributed by atoms with Gasteiger partial charge in [-0.1, -0.05) is 84.3 Å². The van der Waals surface area contributed by atoms with Gasteiger partial charge in [-0.25, -0.2) is 36.9 Å². The van der Waals surface area contributed by atoms with Crippen LogP contribution in [0.1, 0.15) is 133 Å². The van der Waals surface area contributed by atoms with Gasteiger partial charge >= 0.3 is 0 Å². The standard InChI is InChI=1S/C23H24N6O2.C20H18N4O.C19H15ClN4.C19H15FN4.C19H17N5O/c1-22(2,21(24)30)8-7-18-20-17(13-27-28(20)10-9-25-18)15-5-6-19-16(11-15)12-26-29(19)14-23(3,4)31;1-25-17-8-6-15(7-9-17)18-13-23-24-11-10-22-19(20(18)24)16-4-2-14(12-21)3-5-16;2*20-16-7-5-14(6-8-16)17-12-23-24-10-9-22-18(19(17)24)15-3-1-13(11-21)2-4-15;1-25-17-7-6-15(11-22-17)16-12-23-24-9-8-21-18(19(16)24)14-4-2-13(10-20)3-5-14/h5-6,9-13,31H,14H2,1-4H3,(H2,24,30);4,6-11,13-14H,2-3,5H2,1H3;2*3,5-10,12-13H,1-2,4H2;4,6-9,11-13H,2-3,5H2,1H3. The molecule has 4 aromatic carbocycles. The molecule has 4 aliphatic carbocycles. The maximum Gasteiger partial charge on any atom is 0.235 e. The summed E-state index contributed by atoms with van der Waals surface area (Å²) in [4.78, 5) is 38.8. The van der Waals surface area contributed by atoms with Crippen LogP contribution in [0.3, 0.4) is 0 Å². The van der Waals surface area contributed by atoms with E-state index in [1.807, 2.05) is 136 Å². The fourth-order valence-corrected chi connectivity index (χ4v) is 16.3. The minimum absolute atomic E-state index is 0.0926. The number of hydrogen-bond acceptors (Lipinski definition) is 20. The second kappa shape index (κ2) is 38.4. The topological polar surface area (TPSA) is 359 Å². The second-order valence-corrected chi connectivity index (χ2v) is 33.4. The molecule has 4 unspecified atom stereocenters. The molecule has 0 saturated carbocycles. The molecule has 0 bridgehead atoms. The lowest BCUT2D eigenvalue weighted by atomic mass is 9.88. The molecule has 4 atom stereocenters. The predicted molar refractivity (Wildman–Crippen MR) is 491 cm³/mol. The van der Waals surface area contributed by atoms with Crippen LogP contribution >= 0.6 is 11.6 Å². The third kappa shape index (κ3) is 19.3. The SMILES string of the molecule is CC(C)(O)Cn1ncc2cc(-c3cnn4ccnc(C#CC(C)(C)C(N)=O)c34)ccc21.COc1ccc(-c2cnn3ccnc(C4=CCC(C#N)CC4)c23)cc1.COc1ccc(-c2cnn3ccnc(C4=CCC(C#N)CC4)c23)cn1.N#CC1CC=C(c2nccn3ncc(-c4ccc(Cl)cc4)c23)CC1.N#CC1CC=C(c2nccn3ncc(-c4ccc(F)cc4)c23)CC1. The summed E-state index contributed by atoms with van der Waals surface area (Å²) in [7, 11) is 3.26. The van der Waals surface area contributed by atoms with Crippen molar-refractivity contribution in [3.05, 3.63) is 272 Å². The van der Waals surface area contributed by atoms with Crippen molar-refractivity contribution in [2.24, 2.45) is 34.8 Å². The summed E-state index contributed by atoms with van der Waals surface area (Å²) in [6, 6.07) is 41.3. The molecule has 0 fully saturated rings. The van der Waals surface area contributed by atoms with Crippen LogP contribution in [0.2, 0.25) is 5.02 Å². The van der Waals surface area contributed by atoms with Crippen LogP contribution in [0.5, 0.6) is 11.6 Å². The fraction of sp³-hybridized carbons (Fsp3) is 0.250. The van der Waals surface area contributed by atoms with E-state index in [2.05, 4.69) is 121 Å². The van der Waals surface area contributed by atoms with Crippen molar-refractivity contribution in [2.45, 2.75) is 117 Å². The Morgan fingerprint density at radius 3 is 1.20 bits per heavy atom. The van der Waals surface area contributed by atoms with Crippen molar-refractivity contribution in [2.75, 3.05) is 14.2 Å². The molecule has 4 aliphatic rings. The number of rotatable bonds is 14. The quantitative estimate of drug-likeness (QED) is 0.0955. The molecule has 0 saturated heterocycles. The number of nitrogens with two attached hydrogens (primary N) is 1. The Kier molecular flexibility index (Phi) is 25.9. The number of amides is 1. The van der Waals surface area contributed by atoms with Crippen LogP contribution < -0.4 is 15.2 Å². The average Bonchev–Trinajstić information content (AvgIpc) is 1.68. The van der Waals surface area contributed by atoms with E-state index in [4.69, 9.17) is 47.9 Å². The van der Waals surface area contributed by atoms with Gasteiger partial charge in [-0.05, 0) is 210 Å². The third-order valence-electron chi connectivity index (χ3n) is 23.3. The Bertz CT molecular complexity index is 6930. The summed E-state index contributed by atoms with van der Waals surface area (Å²) in [6.45, 7) is 7.26. The number of carbonyl (C=O) groups is 1. The first-order valence-corrected chi connectivity index (χ1v) is 42.7. The van der Waals surface area contributed by atoms with Gasteiger partial charge in [0.25, 0.3) is 0 Å². The van der Waals surface area contributed by atoms with Crippen LogP contribution in [0.4, 0.5) is 4.39 Å². The summed E-state index contributed by atoms with van der Waals surface area (Å²) < 4.78 is 34.5. The zero-order valence-corrected chi connectivity index (χ0v) is 72.5. The molecule has 16 aromatic rings. The molecular weight excluding hydrogens is 1640 g/mol. The molecule has 0 radical (unpaired) electrons. The van der Waals surface area contributed by atoms with Gasteiger partial charge in [0.15, 0.2) is 0 Å². The molecule has 3 N–H and O–H groups in total. The zero-order valence-electron chi connectivity index (χ0n) is 71.8. The Hall–Kier alpha value is -15.7. The number of fused-ring (bicyclic) bond motifs is 6. The van der Waals surface area contributed by atoms with Crippen LogP contribution in [0.25, 0.3) is 116 Å². The smallest absolute Gasteiger partial charge is 0.235 e. The summed E-state index contributed by atoms with van der Waals surface area (Å²) in [6.07, 6.45) is 49.1. The predicted octanol–water partition coefficient (Wildman–Crippen LogP) is 19.0. The molecule has 20 rings (SSSR count). The molecule has 642 valence electrons. The lowest BCUT2D eigenvalue weighted by molar-refractivity contribution is -0.123. The van der Waals surface area contributed by atoms with Gasteiger partial charge in [0.05, 0.1) is 162 Å². The zero-order chi connectivity index (χ0) is 89.9. The van der Waals surface area contributed by atoms with E-state index in [1.54, 1.807) is 130 Å². The second-order valence-electron chi connectivity index (χ2n) is 32.9. The van der Waals surface area contributed by atoms with Gasteiger partial charge in [0.2, 0.25) is 11.8 Å². The summed E-state index contributed by atoms with van der Waals surface area (Å²) in [5.41, 5.74) is 28.0. The summed E-state index contributed by atoms with van der Waals surface area (Å²) >= 11 is 6.00. The number of aromatic nitrogens is 18. The van der Waals surface area contributed by atoms with Crippen molar-refractivity contribution in [1.82, 2.24) is 87.8 Å². The van der Waals surface area contributed by atoms with Crippen LogP contribution in [0.15, 0.2) is 233 Å². The van der Waals surface area contributed by atoms with E-state index in [9.17, 15) is 14.3 Å². The average molecular weight is 1730 g/mol. The van der Waals surface area contributed by atoms with E-state index in [-0.39, 0.29) is 29.5 Å². The maximum absolute atomic E-state index is 13.2. The minimum Gasteiger partial charge on any atom is -0.497 e. The number of aliphatic hydroxyl groups is 1. The number of ether oxygens (including phenoxy) is 2. The van der Waals surface area contributed by atoms with Crippen molar-refractivity contribution in [3.8, 4) is 103 Å². The van der Waals surface area contributed by atoms with E-state index in [0.29, 0.717) is 23.1 Å². The van der Waals surface area contributed by atoms with Crippen molar-refractivity contribution in [3.63, 3.8) is 0 Å². The highest BCUT2D eigenvalue weighted by atomic mass is 35.5. The van der Waals surface area contributed by atoms with Gasteiger partial charge in [0, 0.05) is 118 Å². The number of primary amides is 1. The Balaban J connectivity index is 0.000000119. The van der Waals surface area contributed by atoms with Gasteiger partial charge in [-0.3, -0.25) is 29.4 Å². The Morgan fingerprint density at radius 1 is 0.465 bits per heavy atom. The molecule has 0 spiro atoms. The summed E-state index contributed by atoms with van der Waals surface area (Å²) in [5, 5.41) is 74.8. The first kappa shape index (κ1) is 86.8. The number of pyridine rings is 1. The number of halogens is 2. The van der Waals surface area contributed by atoms with E-state index >= 15 is 0 Å². The summed E-state index contributed by atoms with van der Waals surface area (Å²) in [5.74, 6) is 7.03. The molecule has 0 aliphatic heterocycles. The molecule has 29 heteroatoms. The monoisotopic (exact) mass is 1730 g/mol. The number of nitrogens with zero attached hydrogens (tertiary/aromatic N) is 22. The van der Waals surface area contributed by atoms with Crippen molar-refractivity contribution >= 4 is 78.3 Å². The van der Waals surface area contributed by atoms with E-state index in [1.165, 1.54) is 28.9 Å². The number of nitriles is 4. The molecule has 1 amide bonds. The molecule has 12 heterocycles.